The molecule has 152 valence electrons. The first-order valence-electron chi connectivity index (χ1n) is 9.49. The van der Waals surface area contributed by atoms with Crippen LogP contribution in [0.15, 0.2) is 47.6 Å². The summed E-state index contributed by atoms with van der Waals surface area (Å²) in [6, 6.07) is 12.8. The number of imidazole rings is 1. The minimum absolute atomic E-state index is 0.343. The van der Waals surface area contributed by atoms with E-state index in [4.69, 9.17) is 15.5 Å². The lowest BCUT2D eigenvalue weighted by Gasteiger charge is -2.11. The molecule has 0 aliphatic heterocycles. The molecule has 29 heavy (non-hydrogen) atoms. The van der Waals surface area contributed by atoms with Crippen LogP contribution in [0.4, 0.5) is 0 Å². The lowest BCUT2D eigenvalue weighted by atomic mass is 10.1. The van der Waals surface area contributed by atoms with Gasteiger partial charge in [-0.05, 0) is 48.2 Å². The zero-order chi connectivity index (χ0) is 21.0. The number of fused-ring (bicyclic) bond motifs is 1. The Kier molecular flexibility index (Phi) is 6.59. The molecule has 0 saturated heterocycles. The number of benzene rings is 2. The van der Waals surface area contributed by atoms with E-state index in [1.54, 1.807) is 36.0 Å². The number of thioether (sulfide) groups is 1. The number of ether oxygens (including phenoxy) is 1. The van der Waals surface area contributed by atoms with Crippen molar-refractivity contribution in [1.82, 2.24) is 9.55 Å². The first-order chi connectivity index (χ1) is 13.9. The summed E-state index contributed by atoms with van der Waals surface area (Å²) < 4.78 is 6.94. The molecule has 1 aromatic heterocycles. The number of rotatable bonds is 8. The average Bonchev–Trinajstić information content (AvgIpc) is 3.07. The summed E-state index contributed by atoms with van der Waals surface area (Å²) in [4.78, 5) is 27.8. The molecule has 7 heteroatoms. The van der Waals surface area contributed by atoms with E-state index >= 15 is 0 Å². The number of esters is 1. The molecule has 0 bridgehead atoms. The number of aryl methyl sites for hydroxylation is 1. The maximum atomic E-state index is 11.6. The van der Waals surface area contributed by atoms with Crippen molar-refractivity contribution in [2.75, 3.05) is 7.11 Å². The first kappa shape index (κ1) is 20.9. The smallest absolute Gasteiger partial charge is 0.337 e. The van der Waals surface area contributed by atoms with Crippen LogP contribution >= 0.6 is 11.8 Å². The standard InChI is InChI=1S/C22H25N3O3S/c1-14(2)10-11-25-19-9-8-17(20(23)26)12-18(19)24-22(25)29-13-15-4-6-16(7-5-15)21(27)28-3/h4-9,12,14H,10-11,13H2,1-3H3,(H2,23,26). The fourth-order valence-electron chi connectivity index (χ4n) is 2.98. The second-order valence-electron chi connectivity index (χ2n) is 7.27. The van der Waals surface area contributed by atoms with Gasteiger partial charge >= 0.3 is 5.97 Å². The van der Waals surface area contributed by atoms with E-state index in [0.717, 1.165) is 40.5 Å². The van der Waals surface area contributed by atoms with Crippen molar-refractivity contribution in [3.05, 3.63) is 59.2 Å². The van der Waals surface area contributed by atoms with Gasteiger partial charge in [0, 0.05) is 17.9 Å². The number of nitrogens with two attached hydrogens (primary N) is 1. The van der Waals surface area contributed by atoms with Crippen LogP contribution < -0.4 is 5.73 Å². The average molecular weight is 412 g/mol. The third kappa shape index (κ3) is 4.98. The van der Waals surface area contributed by atoms with Crippen molar-refractivity contribution < 1.29 is 14.3 Å². The number of amides is 1. The van der Waals surface area contributed by atoms with Gasteiger partial charge < -0.3 is 15.0 Å². The van der Waals surface area contributed by atoms with Crippen molar-refractivity contribution in [2.24, 2.45) is 11.7 Å². The minimum atomic E-state index is -0.455. The summed E-state index contributed by atoms with van der Waals surface area (Å²) in [6.07, 6.45) is 1.03. The predicted octanol–water partition coefficient (Wildman–Crippen LogP) is 4.26. The Balaban J connectivity index is 1.85. The summed E-state index contributed by atoms with van der Waals surface area (Å²) in [5.41, 5.74) is 9.26. The van der Waals surface area contributed by atoms with E-state index in [9.17, 15) is 9.59 Å². The Bertz CT molecular complexity index is 1030. The van der Waals surface area contributed by atoms with Gasteiger partial charge in [0.05, 0.1) is 23.7 Å². The van der Waals surface area contributed by atoms with Crippen molar-refractivity contribution >= 4 is 34.7 Å². The molecule has 1 heterocycles. The van der Waals surface area contributed by atoms with E-state index < -0.39 is 5.91 Å². The van der Waals surface area contributed by atoms with Crippen LogP contribution in [-0.4, -0.2) is 28.5 Å². The first-order valence-corrected chi connectivity index (χ1v) is 10.5. The number of nitrogens with zero attached hydrogens (tertiary/aromatic N) is 2. The molecule has 0 saturated carbocycles. The third-order valence-corrected chi connectivity index (χ3v) is 5.72. The highest BCUT2D eigenvalue weighted by Crippen LogP contribution is 2.28. The van der Waals surface area contributed by atoms with E-state index in [-0.39, 0.29) is 5.97 Å². The third-order valence-electron chi connectivity index (χ3n) is 4.67. The molecule has 3 aromatic rings. The van der Waals surface area contributed by atoms with Crippen LogP contribution in [0.2, 0.25) is 0 Å². The second-order valence-corrected chi connectivity index (χ2v) is 8.22. The Morgan fingerprint density at radius 2 is 1.83 bits per heavy atom. The normalized spacial score (nSPS) is 11.2. The van der Waals surface area contributed by atoms with Gasteiger partial charge in [0.1, 0.15) is 0 Å². The molecule has 3 rings (SSSR count). The molecular formula is C22H25N3O3S. The lowest BCUT2D eigenvalue weighted by Crippen LogP contribution is -2.10. The summed E-state index contributed by atoms with van der Waals surface area (Å²) in [5, 5.41) is 0.902. The number of aromatic nitrogens is 2. The Labute approximate surface area is 174 Å². The number of methoxy groups -OCH3 is 1. The van der Waals surface area contributed by atoms with Gasteiger partial charge in [0.2, 0.25) is 5.91 Å². The van der Waals surface area contributed by atoms with E-state index in [1.807, 2.05) is 18.2 Å². The van der Waals surface area contributed by atoms with Crippen LogP contribution in [0.5, 0.6) is 0 Å². The van der Waals surface area contributed by atoms with Crippen LogP contribution in [-0.2, 0) is 17.0 Å². The number of carbonyl (C=O) groups is 2. The second kappa shape index (κ2) is 9.13. The van der Waals surface area contributed by atoms with Crippen LogP contribution in [0.3, 0.4) is 0 Å². The van der Waals surface area contributed by atoms with Gasteiger partial charge in [-0.1, -0.05) is 37.7 Å². The van der Waals surface area contributed by atoms with Gasteiger partial charge in [-0.3, -0.25) is 4.79 Å². The Morgan fingerprint density at radius 3 is 2.45 bits per heavy atom. The molecule has 0 aliphatic rings. The van der Waals surface area contributed by atoms with Crippen LogP contribution in [0.1, 0.15) is 46.5 Å². The fraction of sp³-hybridized carbons (Fsp3) is 0.318. The lowest BCUT2D eigenvalue weighted by molar-refractivity contribution is 0.0600. The van der Waals surface area contributed by atoms with Gasteiger partial charge in [-0.2, -0.15) is 0 Å². The van der Waals surface area contributed by atoms with Crippen molar-refractivity contribution in [3.8, 4) is 0 Å². The Hall–Kier alpha value is -2.80. The minimum Gasteiger partial charge on any atom is -0.465 e. The maximum absolute atomic E-state index is 11.6. The number of primary amides is 1. The molecule has 0 atom stereocenters. The van der Waals surface area contributed by atoms with Gasteiger partial charge in [-0.15, -0.1) is 0 Å². The highest BCUT2D eigenvalue weighted by Gasteiger charge is 2.14. The Morgan fingerprint density at radius 1 is 1.14 bits per heavy atom. The van der Waals surface area contributed by atoms with E-state index in [0.29, 0.717) is 17.0 Å². The molecule has 0 spiro atoms. The molecule has 0 radical (unpaired) electrons. The predicted molar refractivity (Wildman–Crippen MR) is 115 cm³/mol. The number of hydrogen-bond donors (Lipinski definition) is 1. The fourth-order valence-corrected chi connectivity index (χ4v) is 3.97. The van der Waals surface area contributed by atoms with Crippen molar-refractivity contribution in [2.45, 2.75) is 37.7 Å². The molecule has 1 amide bonds. The van der Waals surface area contributed by atoms with Crippen molar-refractivity contribution in [3.63, 3.8) is 0 Å². The monoisotopic (exact) mass is 411 g/mol. The molecule has 6 nitrogen and oxygen atoms in total. The van der Waals surface area contributed by atoms with Crippen molar-refractivity contribution in [1.29, 1.82) is 0 Å². The molecule has 2 N–H and O–H groups in total. The highest BCUT2D eigenvalue weighted by atomic mass is 32.2. The van der Waals surface area contributed by atoms with Gasteiger partial charge in [0.15, 0.2) is 5.16 Å². The van der Waals surface area contributed by atoms with Gasteiger partial charge in [0.25, 0.3) is 0 Å². The highest BCUT2D eigenvalue weighted by molar-refractivity contribution is 7.98. The zero-order valence-corrected chi connectivity index (χ0v) is 17.7. The summed E-state index contributed by atoms with van der Waals surface area (Å²) >= 11 is 1.63. The number of carbonyl (C=O) groups excluding carboxylic acids is 2. The van der Waals surface area contributed by atoms with Crippen LogP contribution in [0.25, 0.3) is 11.0 Å². The number of hydrogen-bond acceptors (Lipinski definition) is 5. The molecular weight excluding hydrogens is 386 g/mol. The maximum Gasteiger partial charge on any atom is 0.337 e. The quantitative estimate of drug-likeness (QED) is 0.442. The summed E-state index contributed by atoms with van der Waals surface area (Å²) in [7, 11) is 1.37. The van der Waals surface area contributed by atoms with Gasteiger partial charge in [-0.25, -0.2) is 9.78 Å². The van der Waals surface area contributed by atoms with E-state index in [1.165, 1.54) is 7.11 Å². The van der Waals surface area contributed by atoms with E-state index in [2.05, 4.69) is 18.4 Å². The molecule has 2 aromatic carbocycles. The molecule has 0 unspecified atom stereocenters. The van der Waals surface area contributed by atoms with Crippen LogP contribution in [0, 0.1) is 5.92 Å². The SMILES string of the molecule is COC(=O)c1ccc(CSc2nc3cc(C(N)=O)ccc3n2CCC(C)C)cc1. The molecule has 0 fully saturated rings. The topological polar surface area (TPSA) is 87.2 Å². The summed E-state index contributed by atoms with van der Waals surface area (Å²) in [5.74, 6) is 0.490. The largest absolute Gasteiger partial charge is 0.465 e. The molecule has 0 aliphatic carbocycles. The zero-order valence-electron chi connectivity index (χ0n) is 16.8. The summed E-state index contributed by atoms with van der Waals surface area (Å²) in [6.45, 7) is 5.24.